The van der Waals surface area contributed by atoms with E-state index < -0.39 is 46.3 Å². The second-order valence-electron chi connectivity index (χ2n) is 4.04. The van der Waals surface area contributed by atoms with Crippen molar-refractivity contribution >= 4 is 17.6 Å². The predicted molar refractivity (Wildman–Crippen MR) is 64.9 cm³/mol. The first kappa shape index (κ1) is 17.6. The first-order valence-electron chi connectivity index (χ1n) is 5.72. The van der Waals surface area contributed by atoms with E-state index in [2.05, 4.69) is 4.74 Å². The summed E-state index contributed by atoms with van der Waals surface area (Å²) in [5, 5.41) is -0.869. The van der Waals surface area contributed by atoms with Gasteiger partial charge in [-0.1, -0.05) is 11.6 Å². The van der Waals surface area contributed by atoms with Gasteiger partial charge >= 0.3 is 12.1 Å². The zero-order chi connectivity index (χ0) is 16.4. The lowest BCUT2D eigenvalue weighted by molar-refractivity contribution is -0.149. The Balaban J connectivity index is 3.23. The first-order valence-corrected chi connectivity index (χ1v) is 6.09. The minimum absolute atomic E-state index is 0.155. The average molecular weight is 332 g/mol. The minimum Gasteiger partial charge on any atom is -0.464 e. The van der Waals surface area contributed by atoms with Gasteiger partial charge in [0.2, 0.25) is 6.17 Å². The molecule has 0 saturated heterocycles. The molecule has 1 aromatic carbocycles. The highest BCUT2D eigenvalue weighted by Crippen LogP contribution is 2.35. The maximum absolute atomic E-state index is 13.7. The lowest BCUT2D eigenvalue weighted by atomic mass is 10.00. The molecule has 0 saturated carbocycles. The van der Waals surface area contributed by atoms with Crippen molar-refractivity contribution in [3.05, 3.63) is 34.1 Å². The molecule has 1 rings (SSSR count). The summed E-state index contributed by atoms with van der Waals surface area (Å²) in [6.07, 6.45) is -7.33. The van der Waals surface area contributed by atoms with Crippen LogP contribution >= 0.6 is 11.6 Å². The van der Waals surface area contributed by atoms with Crippen LogP contribution < -0.4 is 5.73 Å². The molecule has 118 valence electrons. The summed E-state index contributed by atoms with van der Waals surface area (Å²) >= 11 is 5.35. The Kier molecular flexibility index (Phi) is 5.52. The average Bonchev–Trinajstić information content (AvgIpc) is 2.39. The number of ether oxygens (including phenoxy) is 1. The minimum atomic E-state index is -4.82. The maximum Gasteiger partial charge on any atom is 0.416 e. The lowest BCUT2D eigenvalue weighted by Crippen LogP contribution is -2.32. The summed E-state index contributed by atoms with van der Waals surface area (Å²) in [6.45, 7) is 1.25. The third-order valence-electron chi connectivity index (χ3n) is 2.57. The van der Waals surface area contributed by atoms with Crippen molar-refractivity contribution in [2.75, 3.05) is 6.61 Å². The van der Waals surface area contributed by atoms with Crippen molar-refractivity contribution in [3.63, 3.8) is 0 Å². The first-order chi connectivity index (χ1) is 9.59. The molecule has 0 heterocycles. The highest BCUT2D eigenvalue weighted by atomic mass is 35.5. The number of benzene rings is 1. The number of nitrogens with two attached hydrogens (primary N) is 1. The Morgan fingerprint density at radius 2 is 2.00 bits per heavy atom. The van der Waals surface area contributed by atoms with Crippen molar-refractivity contribution < 1.29 is 31.5 Å². The highest BCUT2D eigenvalue weighted by Gasteiger charge is 2.36. The molecule has 0 spiro atoms. The van der Waals surface area contributed by atoms with Crippen molar-refractivity contribution in [1.82, 2.24) is 0 Å². The second-order valence-corrected chi connectivity index (χ2v) is 4.45. The van der Waals surface area contributed by atoms with Gasteiger partial charge in [-0.3, -0.25) is 0 Å². The summed E-state index contributed by atoms with van der Waals surface area (Å²) in [5.74, 6) is -2.71. The zero-order valence-corrected chi connectivity index (χ0v) is 11.4. The molecular weight excluding hydrogens is 321 g/mol. The largest absolute Gasteiger partial charge is 0.464 e. The normalized spacial score (nSPS) is 14.7. The van der Waals surface area contributed by atoms with Crippen LogP contribution in [0.2, 0.25) is 5.02 Å². The zero-order valence-electron chi connectivity index (χ0n) is 10.7. The Morgan fingerprint density at radius 1 is 1.43 bits per heavy atom. The summed E-state index contributed by atoms with van der Waals surface area (Å²) in [5.41, 5.74) is 3.16. The van der Waals surface area contributed by atoms with Gasteiger partial charge < -0.3 is 10.5 Å². The fourth-order valence-corrected chi connectivity index (χ4v) is 1.77. The summed E-state index contributed by atoms with van der Waals surface area (Å²) in [6, 6.07) is -1.30. The number of rotatable bonds is 4. The molecule has 0 amide bonds. The Bertz CT molecular complexity index is 535. The fourth-order valence-electron chi connectivity index (χ4n) is 1.54. The number of alkyl halides is 4. The second kappa shape index (κ2) is 6.57. The smallest absolute Gasteiger partial charge is 0.416 e. The SMILES string of the molecule is CCOC(=O)C(F)[C@@H](N)c1cc(C(F)(F)F)cc(Cl)c1F. The van der Waals surface area contributed by atoms with E-state index in [1.807, 2.05) is 0 Å². The van der Waals surface area contributed by atoms with Gasteiger partial charge in [0.15, 0.2) is 0 Å². The standard InChI is InChI=1S/C12H11ClF5NO2/c1-2-21-11(20)9(15)10(19)6-3-5(12(16,17)18)4-7(13)8(6)14/h3-4,9-10H,2,19H2,1H3/t9?,10-/m0/s1. The van der Waals surface area contributed by atoms with Crippen LogP contribution in [-0.2, 0) is 15.7 Å². The molecule has 0 bridgehead atoms. The molecule has 9 heteroatoms. The quantitative estimate of drug-likeness (QED) is 0.679. The van der Waals surface area contributed by atoms with E-state index in [4.69, 9.17) is 17.3 Å². The highest BCUT2D eigenvalue weighted by molar-refractivity contribution is 6.30. The summed E-state index contributed by atoms with van der Waals surface area (Å²) < 4.78 is 69.6. The molecule has 1 unspecified atom stereocenters. The van der Waals surface area contributed by atoms with Crippen LogP contribution in [0.4, 0.5) is 22.0 Å². The molecule has 0 fully saturated rings. The van der Waals surface area contributed by atoms with Gasteiger partial charge in [0.1, 0.15) is 5.82 Å². The Labute approximate surface area is 121 Å². The van der Waals surface area contributed by atoms with Gasteiger partial charge in [-0.2, -0.15) is 13.2 Å². The van der Waals surface area contributed by atoms with Crippen LogP contribution in [-0.4, -0.2) is 18.7 Å². The van der Waals surface area contributed by atoms with Gasteiger partial charge in [0, 0.05) is 5.56 Å². The number of hydrogen-bond acceptors (Lipinski definition) is 3. The number of carbonyl (C=O) groups excluding carboxylic acids is 1. The van der Waals surface area contributed by atoms with E-state index in [1.165, 1.54) is 6.92 Å². The van der Waals surface area contributed by atoms with E-state index in [0.29, 0.717) is 12.1 Å². The van der Waals surface area contributed by atoms with E-state index in [1.54, 1.807) is 0 Å². The molecule has 0 aliphatic rings. The van der Waals surface area contributed by atoms with E-state index in [-0.39, 0.29) is 6.61 Å². The van der Waals surface area contributed by atoms with Gasteiger partial charge in [-0.25, -0.2) is 13.6 Å². The maximum atomic E-state index is 13.7. The fraction of sp³-hybridized carbons (Fsp3) is 0.417. The molecule has 21 heavy (non-hydrogen) atoms. The van der Waals surface area contributed by atoms with Crippen molar-refractivity contribution in [2.45, 2.75) is 25.3 Å². The summed E-state index contributed by atoms with van der Waals surface area (Å²) in [4.78, 5) is 11.2. The van der Waals surface area contributed by atoms with E-state index in [0.717, 1.165) is 0 Å². The Morgan fingerprint density at radius 3 is 2.48 bits per heavy atom. The van der Waals surface area contributed by atoms with Gasteiger partial charge in [-0.15, -0.1) is 0 Å². The molecule has 0 aliphatic heterocycles. The van der Waals surface area contributed by atoms with Crippen molar-refractivity contribution in [3.8, 4) is 0 Å². The molecule has 0 aromatic heterocycles. The number of carbonyl (C=O) groups is 1. The molecule has 2 atom stereocenters. The molecule has 1 aromatic rings. The lowest BCUT2D eigenvalue weighted by Gasteiger charge is -2.18. The van der Waals surface area contributed by atoms with Crippen LogP contribution in [0.3, 0.4) is 0 Å². The number of esters is 1. The Hall–Kier alpha value is -1.41. The van der Waals surface area contributed by atoms with Crippen LogP contribution in [0.15, 0.2) is 12.1 Å². The van der Waals surface area contributed by atoms with Gasteiger partial charge in [0.25, 0.3) is 0 Å². The van der Waals surface area contributed by atoms with Crippen LogP contribution in [0.1, 0.15) is 24.1 Å². The van der Waals surface area contributed by atoms with Crippen molar-refractivity contribution in [2.24, 2.45) is 5.73 Å². The van der Waals surface area contributed by atoms with Crippen molar-refractivity contribution in [1.29, 1.82) is 0 Å². The van der Waals surface area contributed by atoms with Gasteiger partial charge in [-0.05, 0) is 19.1 Å². The third-order valence-corrected chi connectivity index (χ3v) is 2.84. The molecule has 3 nitrogen and oxygen atoms in total. The topological polar surface area (TPSA) is 52.3 Å². The number of hydrogen-bond donors (Lipinski definition) is 1. The van der Waals surface area contributed by atoms with E-state index >= 15 is 0 Å². The monoisotopic (exact) mass is 331 g/mol. The molecule has 2 N–H and O–H groups in total. The predicted octanol–water partition coefficient (Wildman–Crippen LogP) is 3.40. The third kappa shape index (κ3) is 4.04. The molecule has 0 radical (unpaired) electrons. The van der Waals surface area contributed by atoms with Crippen LogP contribution in [0, 0.1) is 5.82 Å². The van der Waals surface area contributed by atoms with Gasteiger partial charge in [0.05, 0.1) is 23.2 Å². The number of halogens is 6. The molecule has 0 aliphatic carbocycles. The van der Waals surface area contributed by atoms with Crippen LogP contribution in [0.5, 0.6) is 0 Å². The van der Waals surface area contributed by atoms with Crippen LogP contribution in [0.25, 0.3) is 0 Å². The summed E-state index contributed by atoms with van der Waals surface area (Å²) in [7, 11) is 0. The molecular formula is C12H11ClF5NO2. The van der Waals surface area contributed by atoms with E-state index in [9.17, 15) is 26.7 Å².